The number of hydrogen-bond donors (Lipinski definition) is 0. The van der Waals surface area contributed by atoms with E-state index in [1.807, 2.05) is 97.1 Å². The van der Waals surface area contributed by atoms with Crippen molar-refractivity contribution < 1.29 is 0 Å². The zero-order chi connectivity index (χ0) is 55.6. The molecule has 0 aliphatic carbocycles. The number of hydrogen-bond acceptors (Lipinski definition) is 5. The van der Waals surface area contributed by atoms with Gasteiger partial charge in [0.25, 0.3) is 0 Å². The van der Waals surface area contributed by atoms with E-state index in [0.717, 1.165) is 77.6 Å². The summed E-state index contributed by atoms with van der Waals surface area (Å²) in [6, 6.07) is 95.7. The van der Waals surface area contributed by atoms with Gasteiger partial charge in [0, 0.05) is 27.5 Å². The van der Waals surface area contributed by atoms with Gasteiger partial charge in [-0.3, -0.25) is 0 Å². The molecule has 0 bridgehead atoms. The topological polar surface area (TPSA) is 99.9 Å². The molecule has 0 saturated heterocycles. The van der Waals surface area contributed by atoms with Crippen molar-refractivity contribution in [1.29, 1.82) is 10.5 Å². The Hall–Kier alpha value is -11.6. The molecule has 0 radical (unpaired) electrons. The van der Waals surface area contributed by atoms with Crippen LogP contribution < -0.4 is 20.7 Å². The molecule has 0 spiro atoms. The maximum atomic E-state index is 10.1. The molecule has 0 unspecified atom stereocenters. The van der Waals surface area contributed by atoms with Crippen molar-refractivity contribution in [2.45, 2.75) is 0 Å². The van der Waals surface area contributed by atoms with Crippen LogP contribution in [-0.4, -0.2) is 27.6 Å². The minimum absolute atomic E-state index is 0.375. The van der Waals surface area contributed by atoms with Gasteiger partial charge in [-0.2, -0.15) is 10.5 Å². The van der Waals surface area contributed by atoms with E-state index in [-0.39, 0.29) is 0 Å². The highest BCUT2D eigenvalue weighted by atomic mass is 28.3. The number of nitrogens with zero attached hydrogens (tertiary/aromatic N) is 8. The SMILES string of the molecule is [C-]#[N+]c1cc([N+]#[C-])cc(-c2ccc3c4ccc(-c5cc(C#N)cc(C#N)c5)cc4n(-c4cc(-c5cccc([Si](c6ccccc6)(c6ccccc6)c6ccccc6)c5)ccc4-c4nc(-c5ccccc5)nc(-c5ccccc5)n4)c3c2)c1. The third kappa shape index (κ3) is 9.04. The fourth-order valence-electron chi connectivity index (χ4n) is 11.5. The first-order valence-corrected chi connectivity index (χ1v) is 28.7. The lowest BCUT2D eigenvalue weighted by atomic mass is 9.98. The highest BCUT2D eigenvalue weighted by Crippen LogP contribution is 2.42. The molecule has 9 heteroatoms. The summed E-state index contributed by atoms with van der Waals surface area (Å²) in [5.74, 6) is 1.49. The van der Waals surface area contributed by atoms with Gasteiger partial charge in [0.2, 0.25) is 0 Å². The van der Waals surface area contributed by atoms with Gasteiger partial charge < -0.3 is 4.57 Å². The Morgan fingerprint density at radius 3 is 1.22 bits per heavy atom. The average Bonchev–Trinajstić information content (AvgIpc) is 3.99. The van der Waals surface area contributed by atoms with Gasteiger partial charge in [-0.25, -0.2) is 24.6 Å². The molecule has 0 N–H and O–H groups in total. The molecule has 380 valence electrons. The number of rotatable bonds is 11. The van der Waals surface area contributed by atoms with Crippen LogP contribution in [-0.2, 0) is 0 Å². The van der Waals surface area contributed by atoms with E-state index in [1.165, 1.54) is 20.7 Å². The summed E-state index contributed by atoms with van der Waals surface area (Å²) in [6.07, 6.45) is 0. The van der Waals surface area contributed by atoms with Gasteiger partial charge in [-0.1, -0.05) is 224 Å². The summed E-state index contributed by atoms with van der Waals surface area (Å²) in [6.45, 7) is 15.9. The first-order valence-electron chi connectivity index (χ1n) is 26.7. The molecule has 2 aromatic heterocycles. The van der Waals surface area contributed by atoms with Crippen molar-refractivity contribution in [3.8, 4) is 85.4 Å². The molecule has 0 atom stereocenters. The fourth-order valence-corrected chi connectivity index (χ4v) is 16.3. The van der Waals surface area contributed by atoms with E-state index in [9.17, 15) is 10.5 Å². The van der Waals surface area contributed by atoms with Crippen LogP contribution in [0.1, 0.15) is 11.1 Å². The van der Waals surface area contributed by atoms with Crippen LogP contribution in [0.25, 0.3) is 105 Å². The minimum Gasteiger partial charge on any atom is -0.308 e. The second-order valence-electron chi connectivity index (χ2n) is 20.0. The highest BCUT2D eigenvalue weighted by molar-refractivity contribution is 7.19. The molecule has 8 nitrogen and oxygen atoms in total. The summed E-state index contributed by atoms with van der Waals surface area (Å²) in [7, 11) is -2.96. The van der Waals surface area contributed by atoms with E-state index < -0.39 is 8.07 Å². The summed E-state index contributed by atoms with van der Waals surface area (Å²) < 4.78 is 2.26. The number of aromatic nitrogens is 4. The second-order valence-corrected chi connectivity index (χ2v) is 23.8. The maximum Gasteiger partial charge on any atom is 0.179 e. The Morgan fingerprint density at radius 2 is 0.744 bits per heavy atom. The Bertz CT molecular complexity index is 4430. The lowest BCUT2D eigenvalue weighted by molar-refractivity contribution is 1.06. The summed E-state index contributed by atoms with van der Waals surface area (Å²) in [5.41, 5.74) is 11.5. The minimum atomic E-state index is -2.96. The van der Waals surface area contributed by atoms with Crippen molar-refractivity contribution in [3.63, 3.8) is 0 Å². The van der Waals surface area contributed by atoms with Crippen molar-refractivity contribution in [1.82, 2.24) is 19.5 Å². The molecule has 13 rings (SSSR count). The van der Waals surface area contributed by atoms with Gasteiger partial charge in [0.1, 0.15) is 0 Å². The number of fused-ring (bicyclic) bond motifs is 3. The summed E-state index contributed by atoms with van der Waals surface area (Å²) >= 11 is 0. The van der Waals surface area contributed by atoms with Gasteiger partial charge >= 0.3 is 0 Å². The molecular formula is C73H44N8Si. The van der Waals surface area contributed by atoms with Gasteiger partial charge in [-0.05, 0) is 96.6 Å². The van der Waals surface area contributed by atoms with Crippen molar-refractivity contribution in [2.75, 3.05) is 0 Å². The van der Waals surface area contributed by atoms with E-state index in [2.05, 4.69) is 184 Å². The highest BCUT2D eigenvalue weighted by Gasteiger charge is 2.41. The molecule has 11 aromatic carbocycles. The van der Waals surface area contributed by atoms with Crippen LogP contribution >= 0.6 is 0 Å². The van der Waals surface area contributed by atoms with Crippen molar-refractivity contribution in [2.24, 2.45) is 0 Å². The van der Waals surface area contributed by atoms with Crippen molar-refractivity contribution in [3.05, 3.63) is 301 Å². The summed E-state index contributed by atoms with van der Waals surface area (Å²) in [4.78, 5) is 23.3. The molecule has 0 amide bonds. The van der Waals surface area contributed by atoms with Gasteiger partial charge in [-0.15, -0.1) is 0 Å². The van der Waals surface area contributed by atoms with Crippen LogP contribution in [0.3, 0.4) is 0 Å². The number of nitriles is 2. The monoisotopic (exact) mass is 1060 g/mol. The number of benzene rings is 11. The molecule has 0 saturated carbocycles. The van der Waals surface area contributed by atoms with Gasteiger partial charge in [0.15, 0.2) is 36.9 Å². The second kappa shape index (κ2) is 21.3. The standard InChI is InChI=1S/C73H44N8Si/c1-76-59-40-58(41-60(46-59)77-2)56-32-35-66-65-34-31-55(57-38-49(47-74)37-50(39-57)48-75)44-68(65)81(69(66)45-56)70-43-54(33-36-67(70)73-79-71(51-19-8-3-9-20-51)78-72(80-73)52-21-10-4-11-22-52)53-23-18-30-64(42-53)82(61-24-12-5-13-25-61,62-26-14-6-15-27-62)63-28-16-7-17-29-63/h3-46H. The Morgan fingerprint density at radius 1 is 0.341 bits per heavy atom. The molecule has 82 heavy (non-hydrogen) atoms. The lowest BCUT2D eigenvalue weighted by Crippen LogP contribution is -2.74. The Balaban J connectivity index is 1.13. The zero-order valence-electron chi connectivity index (χ0n) is 44.0. The predicted molar refractivity (Wildman–Crippen MR) is 332 cm³/mol. The Kier molecular flexibility index (Phi) is 13.0. The molecule has 0 aliphatic rings. The Labute approximate surface area is 475 Å². The normalized spacial score (nSPS) is 11.1. The largest absolute Gasteiger partial charge is 0.308 e. The third-order valence-electron chi connectivity index (χ3n) is 15.2. The summed E-state index contributed by atoms with van der Waals surface area (Å²) in [5, 5.41) is 27.2. The fraction of sp³-hybridized carbons (Fsp3) is 0. The first kappa shape index (κ1) is 49.9. The molecule has 2 heterocycles. The van der Waals surface area contributed by atoms with Crippen LogP contribution in [0.4, 0.5) is 11.4 Å². The third-order valence-corrected chi connectivity index (χ3v) is 20.0. The van der Waals surface area contributed by atoms with Crippen LogP contribution in [0, 0.1) is 35.8 Å². The predicted octanol–water partition coefficient (Wildman–Crippen LogP) is 15.2. The van der Waals surface area contributed by atoms with E-state index in [4.69, 9.17) is 28.1 Å². The van der Waals surface area contributed by atoms with Crippen LogP contribution in [0.5, 0.6) is 0 Å². The molecular weight excluding hydrogens is 1020 g/mol. The van der Waals surface area contributed by atoms with Gasteiger partial charge in [0.05, 0.1) is 53.1 Å². The quantitative estimate of drug-likeness (QED) is 0.0730. The van der Waals surface area contributed by atoms with E-state index in [1.54, 1.807) is 12.1 Å². The zero-order valence-corrected chi connectivity index (χ0v) is 45.0. The van der Waals surface area contributed by atoms with Crippen LogP contribution in [0.15, 0.2) is 267 Å². The molecule has 13 aromatic rings. The van der Waals surface area contributed by atoms with E-state index >= 15 is 0 Å². The average molecular weight is 1060 g/mol. The maximum absolute atomic E-state index is 10.1. The smallest absolute Gasteiger partial charge is 0.179 e. The molecule has 0 fully saturated rings. The van der Waals surface area contributed by atoms with E-state index in [0.29, 0.717) is 40.0 Å². The lowest BCUT2D eigenvalue weighted by Gasteiger charge is -2.34. The molecule has 0 aliphatic heterocycles. The van der Waals surface area contributed by atoms with Crippen molar-refractivity contribution >= 4 is 62.0 Å². The van der Waals surface area contributed by atoms with Crippen LogP contribution in [0.2, 0.25) is 0 Å². The first-order chi connectivity index (χ1) is 40.4.